The standard InChI is InChI=1S/C61H43NO/c1-61(2)53-31-10-6-25-52(53)59-45(27-17-32-54(59)61)41-36-38-43(39-37-41)62(56-34-12-8-23-47(56)50-29-16-30-51-48-24-9-13-35-57(48)63-60(50)51)55-33-11-7-22-46(55)49-28-15-21-42-20-14-26-44(58(42)49)40-18-4-3-5-19-40/h3-39H,1-2H3. The molecule has 0 amide bonds. The van der Waals surface area contributed by atoms with Crippen LogP contribution in [-0.4, -0.2) is 0 Å². The van der Waals surface area contributed by atoms with Gasteiger partial charge in [0.05, 0.1) is 11.4 Å². The van der Waals surface area contributed by atoms with Gasteiger partial charge < -0.3 is 9.32 Å². The number of nitrogens with zero attached hydrogens (tertiary/aromatic N) is 1. The Morgan fingerprint density at radius 2 is 0.889 bits per heavy atom. The summed E-state index contributed by atoms with van der Waals surface area (Å²) in [6, 6.07) is 81.6. The van der Waals surface area contributed by atoms with Gasteiger partial charge in [-0.1, -0.05) is 208 Å². The summed E-state index contributed by atoms with van der Waals surface area (Å²) in [4.78, 5) is 2.45. The molecule has 0 atom stereocenters. The molecule has 11 aromatic rings. The molecule has 2 nitrogen and oxygen atoms in total. The number of hydrogen-bond donors (Lipinski definition) is 0. The summed E-state index contributed by atoms with van der Waals surface area (Å²) in [6.45, 7) is 4.70. The first kappa shape index (κ1) is 36.9. The summed E-state index contributed by atoms with van der Waals surface area (Å²) in [5.74, 6) is 0. The van der Waals surface area contributed by atoms with Crippen molar-refractivity contribution >= 4 is 49.8 Å². The lowest BCUT2D eigenvalue weighted by Gasteiger charge is -2.30. The van der Waals surface area contributed by atoms with Crippen molar-refractivity contribution in [2.75, 3.05) is 4.90 Å². The predicted octanol–water partition coefficient (Wildman–Crippen LogP) is 17.2. The van der Waals surface area contributed by atoms with E-state index in [1.54, 1.807) is 0 Å². The molecule has 1 aliphatic rings. The van der Waals surface area contributed by atoms with Gasteiger partial charge in [-0.15, -0.1) is 0 Å². The van der Waals surface area contributed by atoms with E-state index in [2.05, 4.69) is 237 Å². The van der Waals surface area contributed by atoms with Gasteiger partial charge in [0.2, 0.25) is 0 Å². The summed E-state index contributed by atoms with van der Waals surface area (Å²) in [6.07, 6.45) is 0. The summed E-state index contributed by atoms with van der Waals surface area (Å²) >= 11 is 0. The van der Waals surface area contributed by atoms with Crippen LogP contribution in [0.1, 0.15) is 25.0 Å². The highest BCUT2D eigenvalue weighted by Gasteiger charge is 2.36. The number of benzene rings is 10. The summed E-state index contributed by atoms with van der Waals surface area (Å²) in [5.41, 5.74) is 19.7. The summed E-state index contributed by atoms with van der Waals surface area (Å²) in [5, 5.41) is 4.67. The molecule has 12 rings (SSSR count). The third kappa shape index (κ3) is 5.86. The Morgan fingerprint density at radius 3 is 1.67 bits per heavy atom. The number of hydrogen-bond acceptors (Lipinski definition) is 2. The van der Waals surface area contributed by atoms with Gasteiger partial charge >= 0.3 is 0 Å². The average molecular weight is 806 g/mol. The first-order valence-electron chi connectivity index (χ1n) is 21.8. The fourth-order valence-corrected chi connectivity index (χ4v) is 10.4. The number of para-hydroxylation sites is 4. The van der Waals surface area contributed by atoms with Crippen LogP contribution in [0.2, 0.25) is 0 Å². The van der Waals surface area contributed by atoms with Crippen LogP contribution in [0, 0.1) is 0 Å². The molecule has 1 aliphatic carbocycles. The maximum absolute atomic E-state index is 6.70. The van der Waals surface area contributed by atoms with Crippen molar-refractivity contribution in [1.82, 2.24) is 0 Å². The van der Waals surface area contributed by atoms with Crippen LogP contribution in [0.3, 0.4) is 0 Å². The Kier molecular flexibility index (Phi) is 8.55. The van der Waals surface area contributed by atoms with Crippen LogP contribution < -0.4 is 4.90 Å². The molecular weight excluding hydrogens is 763 g/mol. The van der Waals surface area contributed by atoms with Crippen molar-refractivity contribution in [1.29, 1.82) is 0 Å². The Morgan fingerprint density at radius 1 is 0.365 bits per heavy atom. The molecular formula is C61H43NO. The van der Waals surface area contributed by atoms with Crippen LogP contribution in [0.4, 0.5) is 17.1 Å². The molecule has 10 aromatic carbocycles. The molecule has 298 valence electrons. The predicted molar refractivity (Wildman–Crippen MR) is 265 cm³/mol. The van der Waals surface area contributed by atoms with Gasteiger partial charge in [0.15, 0.2) is 0 Å². The minimum atomic E-state index is -0.0726. The zero-order chi connectivity index (χ0) is 42.1. The summed E-state index contributed by atoms with van der Waals surface area (Å²) in [7, 11) is 0. The second kappa shape index (κ2) is 14.6. The third-order valence-corrected chi connectivity index (χ3v) is 13.3. The van der Waals surface area contributed by atoms with E-state index >= 15 is 0 Å². The lowest BCUT2D eigenvalue weighted by atomic mass is 9.82. The number of fused-ring (bicyclic) bond motifs is 7. The molecule has 0 saturated carbocycles. The Hall–Kier alpha value is -7.94. The highest BCUT2D eigenvalue weighted by molar-refractivity contribution is 6.12. The van der Waals surface area contributed by atoms with Gasteiger partial charge in [0, 0.05) is 38.6 Å². The first-order chi connectivity index (χ1) is 31.0. The van der Waals surface area contributed by atoms with E-state index < -0.39 is 0 Å². The quantitative estimate of drug-likeness (QED) is 0.160. The molecule has 0 N–H and O–H groups in total. The van der Waals surface area contributed by atoms with Crippen LogP contribution in [0.15, 0.2) is 229 Å². The van der Waals surface area contributed by atoms with Crippen LogP contribution in [-0.2, 0) is 5.41 Å². The van der Waals surface area contributed by atoms with E-state index in [1.165, 1.54) is 60.8 Å². The van der Waals surface area contributed by atoms with E-state index in [9.17, 15) is 0 Å². The van der Waals surface area contributed by atoms with Crippen molar-refractivity contribution in [3.8, 4) is 55.6 Å². The highest BCUT2D eigenvalue weighted by atomic mass is 16.3. The first-order valence-corrected chi connectivity index (χ1v) is 21.8. The van der Waals surface area contributed by atoms with Gasteiger partial charge in [0.25, 0.3) is 0 Å². The zero-order valence-corrected chi connectivity index (χ0v) is 35.2. The smallest absolute Gasteiger partial charge is 0.143 e. The summed E-state index contributed by atoms with van der Waals surface area (Å²) < 4.78 is 6.70. The maximum Gasteiger partial charge on any atom is 0.143 e. The molecule has 0 saturated heterocycles. The normalized spacial score (nSPS) is 12.7. The SMILES string of the molecule is CC1(C)c2ccccc2-c2c(-c3ccc(N(c4ccccc4-c4cccc5c4oc4ccccc45)c4ccccc4-c4cccc5cccc(-c6ccccc6)c45)cc3)cccc21. The van der Waals surface area contributed by atoms with E-state index in [0.717, 1.165) is 55.7 Å². The molecule has 0 bridgehead atoms. The van der Waals surface area contributed by atoms with Gasteiger partial charge in [0.1, 0.15) is 11.2 Å². The fourth-order valence-electron chi connectivity index (χ4n) is 10.4. The van der Waals surface area contributed by atoms with Crippen LogP contribution in [0.5, 0.6) is 0 Å². The van der Waals surface area contributed by atoms with Gasteiger partial charge in [-0.2, -0.15) is 0 Å². The second-order valence-corrected chi connectivity index (χ2v) is 17.2. The van der Waals surface area contributed by atoms with E-state index in [1.807, 2.05) is 6.07 Å². The van der Waals surface area contributed by atoms with Gasteiger partial charge in [-0.3, -0.25) is 0 Å². The van der Waals surface area contributed by atoms with E-state index in [0.29, 0.717) is 0 Å². The number of furan rings is 1. The minimum Gasteiger partial charge on any atom is -0.455 e. The van der Waals surface area contributed by atoms with Crippen molar-refractivity contribution < 1.29 is 4.42 Å². The third-order valence-electron chi connectivity index (χ3n) is 13.3. The molecule has 0 fully saturated rings. The molecule has 0 unspecified atom stereocenters. The highest BCUT2D eigenvalue weighted by Crippen LogP contribution is 2.53. The topological polar surface area (TPSA) is 16.4 Å². The van der Waals surface area contributed by atoms with E-state index in [4.69, 9.17) is 4.42 Å². The van der Waals surface area contributed by atoms with E-state index in [-0.39, 0.29) is 5.41 Å². The van der Waals surface area contributed by atoms with Crippen LogP contribution >= 0.6 is 0 Å². The molecule has 0 radical (unpaired) electrons. The number of rotatable bonds is 7. The molecule has 63 heavy (non-hydrogen) atoms. The molecule has 1 aromatic heterocycles. The van der Waals surface area contributed by atoms with Gasteiger partial charge in [-0.25, -0.2) is 0 Å². The lowest BCUT2D eigenvalue weighted by molar-refractivity contribution is 0.660. The Balaban J connectivity index is 1.09. The molecule has 0 aliphatic heterocycles. The monoisotopic (exact) mass is 805 g/mol. The Labute approximate surface area is 368 Å². The molecule has 0 spiro atoms. The fraction of sp³-hybridized carbons (Fsp3) is 0.0492. The Bertz CT molecular complexity index is 3530. The second-order valence-electron chi connectivity index (χ2n) is 17.2. The van der Waals surface area contributed by atoms with Crippen molar-refractivity contribution in [2.45, 2.75) is 19.3 Å². The average Bonchev–Trinajstić information content (AvgIpc) is 3.84. The van der Waals surface area contributed by atoms with Crippen LogP contribution in [0.25, 0.3) is 88.3 Å². The van der Waals surface area contributed by atoms with Gasteiger partial charge in [-0.05, 0) is 91.2 Å². The minimum absolute atomic E-state index is 0.0726. The van der Waals surface area contributed by atoms with Crippen molar-refractivity contribution in [2.24, 2.45) is 0 Å². The lowest BCUT2D eigenvalue weighted by Crippen LogP contribution is -2.14. The maximum atomic E-state index is 6.70. The largest absolute Gasteiger partial charge is 0.455 e. The zero-order valence-electron chi connectivity index (χ0n) is 35.2. The molecule has 2 heteroatoms. The van der Waals surface area contributed by atoms with Crippen molar-refractivity contribution in [3.63, 3.8) is 0 Å². The number of anilines is 3. The van der Waals surface area contributed by atoms with Crippen molar-refractivity contribution in [3.05, 3.63) is 236 Å². The molecule has 1 heterocycles.